The number of aromatic amines is 1. The average molecular weight is 341 g/mol. The fourth-order valence-electron chi connectivity index (χ4n) is 2.78. The molecule has 3 rings (SSSR count). The molecule has 1 aromatic carbocycles. The van der Waals surface area contributed by atoms with Gasteiger partial charge >= 0.3 is 5.97 Å². The molecule has 0 aliphatic carbocycles. The zero-order valence-electron chi connectivity index (χ0n) is 13.1. The molecule has 0 aliphatic rings. The molecule has 1 atom stereocenters. The molecule has 6 nitrogen and oxygen atoms in total. The highest BCUT2D eigenvalue weighted by atomic mass is 32.1. The SMILES string of the molecule is Cc1cc(C(=O)O)c2c(=O)[nH]c(=S)n([C@H](C)c3ccccc3)c2n1. The van der Waals surface area contributed by atoms with Crippen LogP contribution in [0.4, 0.5) is 0 Å². The summed E-state index contributed by atoms with van der Waals surface area (Å²) in [5, 5.41) is 9.46. The minimum absolute atomic E-state index is 0.0319. The lowest BCUT2D eigenvalue weighted by Crippen LogP contribution is -2.21. The van der Waals surface area contributed by atoms with Crippen molar-refractivity contribution >= 4 is 29.2 Å². The molecular formula is C17H15N3O3S. The Bertz CT molecular complexity index is 1050. The number of aromatic carboxylic acids is 1. The second-order valence-corrected chi connectivity index (χ2v) is 5.92. The summed E-state index contributed by atoms with van der Waals surface area (Å²) in [7, 11) is 0. The van der Waals surface area contributed by atoms with Gasteiger partial charge in [-0.25, -0.2) is 9.78 Å². The summed E-state index contributed by atoms with van der Waals surface area (Å²) in [4.78, 5) is 30.8. The number of aromatic nitrogens is 3. The summed E-state index contributed by atoms with van der Waals surface area (Å²) >= 11 is 5.32. The molecule has 2 aromatic heterocycles. The maximum absolute atomic E-state index is 12.3. The number of nitrogens with zero attached hydrogens (tertiary/aromatic N) is 2. The number of nitrogens with one attached hydrogen (secondary N) is 1. The van der Waals surface area contributed by atoms with Gasteiger partial charge in [-0.3, -0.25) is 14.3 Å². The van der Waals surface area contributed by atoms with Crippen LogP contribution in [0.3, 0.4) is 0 Å². The van der Waals surface area contributed by atoms with Crippen molar-refractivity contribution < 1.29 is 9.90 Å². The van der Waals surface area contributed by atoms with Gasteiger partial charge in [0.25, 0.3) is 5.56 Å². The molecule has 3 aromatic rings. The van der Waals surface area contributed by atoms with Crippen LogP contribution < -0.4 is 5.56 Å². The molecule has 122 valence electrons. The van der Waals surface area contributed by atoms with Gasteiger partial charge in [0.2, 0.25) is 0 Å². The van der Waals surface area contributed by atoms with E-state index in [1.807, 2.05) is 37.3 Å². The van der Waals surface area contributed by atoms with Gasteiger partial charge in [0, 0.05) is 5.69 Å². The lowest BCUT2D eigenvalue weighted by Gasteiger charge is -2.19. The fourth-order valence-corrected chi connectivity index (χ4v) is 3.12. The Balaban J connectivity index is 2.43. The van der Waals surface area contributed by atoms with Crippen molar-refractivity contribution in [1.29, 1.82) is 0 Å². The van der Waals surface area contributed by atoms with Gasteiger partial charge in [-0.2, -0.15) is 0 Å². The summed E-state index contributed by atoms with van der Waals surface area (Å²) in [5.41, 5.74) is 1.13. The predicted octanol–water partition coefficient (Wildman–Crippen LogP) is 3.07. The third kappa shape index (κ3) is 2.63. The summed E-state index contributed by atoms with van der Waals surface area (Å²) in [6.07, 6.45) is 0. The van der Waals surface area contributed by atoms with Crippen LogP contribution in [0, 0.1) is 11.7 Å². The van der Waals surface area contributed by atoms with Crippen LogP contribution in [0.15, 0.2) is 41.2 Å². The molecule has 0 saturated carbocycles. The fraction of sp³-hybridized carbons (Fsp3) is 0.176. The molecule has 2 N–H and O–H groups in total. The summed E-state index contributed by atoms with van der Waals surface area (Å²) in [5.74, 6) is -1.17. The molecule has 7 heteroatoms. The Morgan fingerprint density at radius 3 is 2.62 bits per heavy atom. The Morgan fingerprint density at radius 2 is 2.00 bits per heavy atom. The van der Waals surface area contributed by atoms with Crippen molar-refractivity contribution in [3.8, 4) is 0 Å². The van der Waals surface area contributed by atoms with Gasteiger partial charge in [0.05, 0.1) is 17.0 Å². The van der Waals surface area contributed by atoms with E-state index in [2.05, 4.69) is 9.97 Å². The summed E-state index contributed by atoms with van der Waals surface area (Å²) < 4.78 is 1.89. The molecule has 0 amide bonds. The lowest BCUT2D eigenvalue weighted by atomic mass is 10.1. The maximum atomic E-state index is 12.3. The van der Waals surface area contributed by atoms with Crippen LogP contribution in [0.5, 0.6) is 0 Å². The van der Waals surface area contributed by atoms with E-state index in [-0.39, 0.29) is 27.4 Å². The van der Waals surface area contributed by atoms with Crippen molar-refractivity contribution in [2.24, 2.45) is 0 Å². The number of H-pyrrole nitrogens is 1. The van der Waals surface area contributed by atoms with E-state index in [9.17, 15) is 14.7 Å². The van der Waals surface area contributed by atoms with Crippen molar-refractivity contribution in [2.75, 3.05) is 0 Å². The normalized spacial score (nSPS) is 12.2. The topological polar surface area (TPSA) is 88.0 Å². The monoisotopic (exact) mass is 341 g/mol. The second kappa shape index (κ2) is 6.01. The second-order valence-electron chi connectivity index (χ2n) is 5.53. The van der Waals surface area contributed by atoms with E-state index >= 15 is 0 Å². The smallest absolute Gasteiger partial charge is 0.336 e. The highest BCUT2D eigenvalue weighted by Crippen LogP contribution is 2.23. The molecular weight excluding hydrogens is 326 g/mol. The van der Waals surface area contributed by atoms with E-state index in [1.165, 1.54) is 6.07 Å². The highest BCUT2D eigenvalue weighted by molar-refractivity contribution is 7.71. The maximum Gasteiger partial charge on any atom is 0.336 e. The first kappa shape index (κ1) is 16.1. The molecule has 24 heavy (non-hydrogen) atoms. The Morgan fingerprint density at radius 1 is 1.33 bits per heavy atom. The van der Waals surface area contributed by atoms with Crippen LogP contribution >= 0.6 is 12.2 Å². The average Bonchev–Trinajstić information content (AvgIpc) is 2.54. The predicted molar refractivity (Wildman–Crippen MR) is 93.1 cm³/mol. The minimum atomic E-state index is -1.17. The molecule has 0 aliphatic heterocycles. The van der Waals surface area contributed by atoms with Gasteiger partial charge in [0.1, 0.15) is 5.65 Å². The first-order valence-corrected chi connectivity index (χ1v) is 7.75. The van der Waals surface area contributed by atoms with Gasteiger partial charge < -0.3 is 5.11 Å². The number of carboxylic acid groups (broad SMARTS) is 1. The number of benzene rings is 1. The number of carboxylic acids is 1. The first-order chi connectivity index (χ1) is 11.4. The van der Waals surface area contributed by atoms with Gasteiger partial charge in [-0.05, 0) is 37.7 Å². The molecule has 0 bridgehead atoms. The van der Waals surface area contributed by atoms with Crippen LogP contribution in [0.2, 0.25) is 0 Å². The van der Waals surface area contributed by atoms with E-state index in [0.29, 0.717) is 5.69 Å². The van der Waals surface area contributed by atoms with E-state index in [0.717, 1.165) is 5.56 Å². The van der Waals surface area contributed by atoms with Crippen LogP contribution in [0.1, 0.15) is 34.6 Å². The van der Waals surface area contributed by atoms with Crippen LogP contribution in [0.25, 0.3) is 11.0 Å². The van der Waals surface area contributed by atoms with E-state index in [4.69, 9.17) is 12.2 Å². The van der Waals surface area contributed by atoms with Crippen molar-refractivity contribution in [3.05, 3.63) is 68.3 Å². The Labute approximate surface area is 142 Å². The molecule has 2 heterocycles. The van der Waals surface area contributed by atoms with E-state index < -0.39 is 11.5 Å². The molecule has 0 spiro atoms. The third-order valence-corrected chi connectivity index (χ3v) is 4.22. The van der Waals surface area contributed by atoms with Crippen LogP contribution in [-0.2, 0) is 0 Å². The van der Waals surface area contributed by atoms with Gasteiger partial charge in [-0.15, -0.1) is 0 Å². The zero-order valence-corrected chi connectivity index (χ0v) is 13.9. The summed E-state index contributed by atoms with van der Waals surface area (Å²) in [6.45, 7) is 3.61. The highest BCUT2D eigenvalue weighted by Gasteiger charge is 2.20. The Kier molecular flexibility index (Phi) is 4.02. The summed E-state index contributed by atoms with van der Waals surface area (Å²) in [6, 6.07) is 10.8. The number of pyridine rings is 1. The van der Waals surface area contributed by atoms with E-state index in [1.54, 1.807) is 11.5 Å². The first-order valence-electron chi connectivity index (χ1n) is 7.34. The molecule has 0 radical (unpaired) electrons. The van der Waals surface area contributed by atoms with Gasteiger partial charge in [-0.1, -0.05) is 30.3 Å². The number of rotatable bonds is 3. The number of aryl methyl sites for hydroxylation is 1. The molecule has 0 unspecified atom stereocenters. The van der Waals surface area contributed by atoms with Crippen molar-refractivity contribution in [1.82, 2.24) is 14.5 Å². The van der Waals surface area contributed by atoms with Crippen LogP contribution in [-0.4, -0.2) is 25.6 Å². The van der Waals surface area contributed by atoms with Crippen molar-refractivity contribution in [3.63, 3.8) is 0 Å². The van der Waals surface area contributed by atoms with Gasteiger partial charge in [0.15, 0.2) is 4.77 Å². The number of carbonyl (C=O) groups is 1. The molecule has 0 saturated heterocycles. The number of fused-ring (bicyclic) bond motifs is 1. The third-order valence-electron chi connectivity index (χ3n) is 3.92. The zero-order chi connectivity index (χ0) is 17.4. The molecule has 0 fully saturated rings. The standard InChI is InChI=1S/C17H15N3O3S/c1-9-8-12(16(22)23)13-14(18-9)20(17(24)19-15(13)21)10(2)11-6-4-3-5-7-11/h3-8,10H,1-2H3,(H,22,23)(H,19,21,24)/t10-/m1/s1. The van der Waals surface area contributed by atoms with Crippen molar-refractivity contribution in [2.45, 2.75) is 19.9 Å². The quantitative estimate of drug-likeness (QED) is 0.715. The number of hydrogen-bond acceptors (Lipinski definition) is 4. The minimum Gasteiger partial charge on any atom is -0.478 e. The number of hydrogen-bond donors (Lipinski definition) is 2. The largest absolute Gasteiger partial charge is 0.478 e. The Hall–Kier alpha value is -2.80. The lowest BCUT2D eigenvalue weighted by molar-refractivity contribution is 0.0698.